The van der Waals surface area contributed by atoms with Gasteiger partial charge in [-0.05, 0) is 42.9 Å². The molecule has 2 amide bonds. The van der Waals surface area contributed by atoms with Crippen molar-refractivity contribution in [3.05, 3.63) is 58.7 Å². The van der Waals surface area contributed by atoms with Gasteiger partial charge in [0.1, 0.15) is 17.2 Å². The third-order valence-electron chi connectivity index (χ3n) is 5.65. The fourth-order valence-electron chi connectivity index (χ4n) is 3.89. The van der Waals surface area contributed by atoms with Gasteiger partial charge in [-0.2, -0.15) is 0 Å². The molecule has 1 fully saturated rings. The molecule has 31 heavy (non-hydrogen) atoms. The fourth-order valence-corrected chi connectivity index (χ4v) is 4.14. The first-order valence-corrected chi connectivity index (χ1v) is 10.4. The lowest BCUT2D eigenvalue weighted by Crippen LogP contribution is -2.46. The SMILES string of the molecule is COc1ccc(C2=C(N3CCN(C)CC3)C(=O)N(c3ccc(OC)c(Cl)c3)C2=O)cc1. The van der Waals surface area contributed by atoms with E-state index < -0.39 is 0 Å². The Kier molecular flexibility index (Phi) is 5.89. The third-order valence-corrected chi connectivity index (χ3v) is 5.95. The molecule has 4 rings (SSSR count). The lowest BCUT2D eigenvalue weighted by molar-refractivity contribution is -0.120. The molecule has 0 atom stereocenters. The highest BCUT2D eigenvalue weighted by atomic mass is 35.5. The molecule has 2 aromatic rings. The summed E-state index contributed by atoms with van der Waals surface area (Å²) in [6.45, 7) is 2.97. The Morgan fingerprint density at radius 1 is 0.871 bits per heavy atom. The monoisotopic (exact) mass is 441 g/mol. The second-order valence-electron chi connectivity index (χ2n) is 7.51. The van der Waals surface area contributed by atoms with Crippen LogP contribution < -0.4 is 14.4 Å². The third kappa shape index (κ3) is 3.86. The van der Waals surface area contributed by atoms with E-state index in [4.69, 9.17) is 21.1 Å². The highest BCUT2D eigenvalue weighted by Gasteiger charge is 2.43. The fraction of sp³-hybridized carbons (Fsp3) is 0.304. The maximum absolute atomic E-state index is 13.6. The van der Waals surface area contributed by atoms with Gasteiger partial charge in [-0.3, -0.25) is 9.59 Å². The number of nitrogens with zero attached hydrogens (tertiary/aromatic N) is 3. The van der Waals surface area contributed by atoms with Gasteiger partial charge in [0.25, 0.3) is 11.8 Å². The van der Waals surface area contributed by atoms with Crippen LogP contribution in [-0.4, -0.2) is 69.1 Å². The first kappa shape index (κ1) is 21.2. The van der Waals surface area contributed by atoms with Crippen molar-refractivity contribution < 1.29 is 19.1 Å². The summed E-state index contributed by atoms with van der Waals surface area (Å²) in [6.07, 6.45) is 0. The molecule has 0 aromatic heterocycles. The molecule has 0 bridgehead atoms. The van der Waals surface area contributed by atoms with Crippen molar-refractivity contribution in [1.29, 1.82) is 0 Å². The minimum atomic E-state index is -0.370. The predicted octanol–water partition coefficient (Wildman–Crippen LogP) is 2.89. The van der Waals surface area contributed by atoms with Crippen LogP contribution in [0.2, 0.25) is 5.02 Å². The van der Waals surface area contributed by atoms with Crippen molar-refractivity contribution in [2.24, 2.45) is 0 Å². The predicted molar refractivity (Wildman–Crippen MR) is 119 cm³/mol. The van der Waals surface area contributed by atoms with Crippen LogP contribution in [0.4, 0.5) is 5.69 Å². The minimum absolute atomic E-state index is 0.333. The second-order valence-corrected chi connectivity index (χ2v) is 7.91. The first-order valence-electron chi connectivity index (χ1n) is 9.99. The van der Waals surface area contributed by atoms with E-state index in [0.717, 1.165) is 13.1 Å². The summed E-state index contributed by atoms with van der Waals surface area (Å²) in [4.78, 5) is 32.5. The van der Waals surface area contributed by atoms with Crippen molar-refractivity contribution in [2.75, 3.05) is 52.3 Å². The summed E-state index contributed by atoms with van der Waals surface area (Å²) in [5, 5.41) is 0.333. The molecule has 2 aromatic carbocycles. The Labute approximate surface area is 186 Å². The molecule has 7 nitrogen and oxygen atoms in total. The van der Waals surface area contributed by atoms with Gasteiger partial charge in [0.2, 0.25) is 0 Å². The zero-order valence-corrected chi connectivity index (χ0v) is 18.5. The maximum atomic E-state index is 13.6. The van der Waals surface area contributed by atoms with Crippen LogP contribution in [-0.2, 0) is 9.59 Å². The van der Waals surface area contributed by atoms with Crippen LogP contribution in [0.3, 0.4) is 0 Å². The molecule has 8 heteroatoms. The van der Waals surface area contributed by atoms with E-state index in [0.29, 0.717) is 52.1 Å². The molecule has 0 unspecified atom stereocenters. The molecule has 0 radical (unpaired) electrons. The van der Waals surface area contributed by atoms with Crippen LogP contribution in [0.1, 0.15) is 5.56 Å². The average molecular weight is 442 g/mol. The quantitative estimate of drug-likeness (QED) is 0.665. The van der Waals surface area contributed by atoms with Crippen LogP contribution in [0.15, 0.2) is 48.2 Å². The van der Waals surface area contributed by atoms with E-state index in [1.54, 1.807) is 49.6 Å². The number of hydrogen-bond acceptors (Lipinski definition) is 6. The number of ether oxygens (including phenoxy) is 2. The number of benzene rings is 2. The molecule has 0 saturated carbocycles. The van der Waals surface area contributed by atoms with Gasteiger partial charge in [-0.15, -0.1) is 0 Å². The Hall–Kier alpha value is -3.03. The minimum Gasteiger partial charge on any atom is -0.497 e. The molecule has 1 saturated heterocycles. The number of anilines is 1. The smallest absolute Gasteiger partial charge is 0.282 e. The Bertz CT molecular complexity index is 1040. The lowest BCUT2D eigenvalue weighted by Gasteiger charge is -2.34. The maximum Gasteiger partial charge on any atom is 0.282 e. The van der Waals surface area contributed by atoms with Gasteiger partial charge in [0.05, 0.1) is 30.5 Å². The Morgan fingerprint density at radius 3 is 2.13 bits per heavy atom. The molecule has 162 valence electrons. The van der Waals surface area contributed by atoms with Crippen molar-refractivity contribution >= 4 is 34.7 Å². The summed E-state index contributed by atoms with van der Waals surface area (Å²) in [7, 11) is 5.15. The molecular formula is C23H24ClN3O4. The Morgan fingerprint density at radius 2 is 1.55 bits per heavy atom. The van der Waals surface area contributed by atoms with Gasteiger partial charge < -0.3 is 19.3 Å². The van der Waals surface area contributed by atoms with Crippen molar-refractivity contribution in [3.8, 4) is 11.5 Å². The van der Waals surface area contributed by atoms with Gasteiger partial charge in [-0.25, -0.2) is 4.90 Å². The second kappa shape index (κ2) is 8.61. The molecule has 2 heterocycles. The summed E-state index contributed by atoms with van der Waals surface area (Å²) < 4.78 is 10.4. The van der Waals surface area contributed by atoms with E-state index in [2.05, 4.69) is 4.90 Å². The number of carbonyl (C=O) groups is 2. The summed E-state index contributed by atoms with van der Waals surface area (Å²) in [6, 6.07) is 12.1. The van der Waals surface area contributed by atoms with Crippen LogP contribution >= 0.6 is 11.6 Å². The highest BCUT2D eigenvalue weighted by Crippen LogP contribution is 2.38. The Balaban J connectivity index is 1.78. The molecule has 2 aliphatic rings. The molecule has 0 aliphatic carbocycles. The van der Waals surface area contributed by atoms with Gasteiger partial charge in [0, 0.05) is 26.2 Å². The van der Waals surface area contributed by atoms with Crippen LogP contribution in [0.25, 0.3) is 5.57 Å². The zero-order valence-electron chi connectivity index (χ0n) is 17.7. The number of hydrogen-bond donors (Lipinski definition) is 0. The number of carbonyl (C=O) groups excluding carboxylic acids is 2. The number of methoxy groups -OCH3 is 2. The normalized spacial score (nSPS) is 17.5. The van der Waals surface area contributed by atoms with Crippen molar-refractivity contribution in [1.82, 2.24) is 9.80 Å². The standard InChI is InChI=1S/C23H24ClN3O4/c1-25-10-12-26(13-11-25)21-20(15-4-7-17(30-2)8-5-15)22(28)27(23(21)29)16-6-9-19(31-3)18(24)14-16/h4-9,14H,10-13H2,1-3H3. The molecule has 0 spiro atoms. The first-order chi connectivity index (χ1) is 14.9. The lowest BCUT2D eigenvalue weighted by atomic mass is 10.0. The average Bonchev–Trinajstić information content (AvgIpc) is 3.04. The van der Waals surface area contributed by atoms with Gasteiger partial charge in [0.15, 0.2) is 0 Å². The van der Waals surface area contributed by atoms with Crippen molar-refractivity contribution in [3.63, 3.8) is 0 Å². The molecular weight excluding hydrogens is 418 g/mol. The summed E-state index contributed by atoms with van der Waals surface area (Å²) >= 11 is 6.27. The van der Waals surface area contributed by atoms with Crippen molar-refractivity contribution in [2.45, 2.75) is 0 Å². The number of rotatable bonds is 5. The number of piperazine rings is 1. The number of halogens is 1. The van der Waals surface area contributed by atoms with E-state index in [1.165, 1.54) is 12.0 Å². The topological polar surface area (TPSA) is 62.3 Å². The zero-order chi connectivity index (χ0) is 22.1. The van der Waals surface area contributed by atoms with E-state index in [1.807, 2.05) is 11.9 Å². The van der Waals surface area contributed by atoms with Crippen LogP contribution in [0, 0.1) is 0 Å². The molecule has 0 N–H and O–H groups in total. The molecule has 2 aliphatic heterocycles. The largest absolute Gasteiger partial charge is 0.497 e. The van der Waals surface area contributed by atoms with Crippen LogP contribution in [0.5, 0.6) is 11.5 Å². The van der Waals surface area contributed by atoms with E-state index in [-0.39, 0.29) is 11.8 Å². The van der Waals surface area contributed by atoms with E-state index >= 15 is 0 Å². The van der Waals surface area contributed by atoms with E-state index in [9.17, 15) is 9.59 Å². The number of amides is 2. The highest BCUT2D eigenvalue weighted by molar-refractivity contribution is 6.45. The van der Waals surface area contributed by atoms with Gasteiger partial charge >= 0.3 is 0 Å². The number of imide groups is 1. The summed E-state index contributed by atoms with van der Waals surface area (Å²) in [5.74, 6) is 0.445. The summed E-state index contributed by atoms with van der Waals surface area (Å²) in [5.41, 5.74) is 1.91. The van der Waals surface area contributed by atoms with Gasteiger partial charge in [-0.1, -0.05) is 23.7 Å². The number of likely N-dealkylation sites (N-methyl/N-ethyl adjacent to an activating group) is 1.